The van der Waals surface area contributed by atoms with Crippen LogP contribution in [0.3, 0.4) is 0 Å². The van der Waals surface area contributed by atoms with Gasteiger partial charge in [0.2, 0.25) is 5.95 Å². The molecule has 0 fully saturated rings. The molecule has 0 aliphatic heterocycles. The zero-order valence-electron chi connectivity index (χ0n) is 9.27. The lowest BCUT2D eigenvalue weighted by molar-refractivity contribution is 0.0695. The Labute approximate surface area is 94.1 Å². The number of carboxylic acids is 1. The number of hydrogen-bond acceptors (Lipinski definition) is 4. The summed E-state index contributed by atoms with van der Waals surface area (Å²) in [5.74, 6) is 1.94. The summed E-state index contributed by atoms with van der Waals surface area (Å²) in [6.45, 7) is 4.65. The molecule has 1 aromatic rings. The van der Waals surface area contributed by atoms with E-state index >= 15 is 0 Å². The third kappa shape index (κ3) is 2.48. The maximum atomic E-state index is 10.8. The van der Waals surface area contributed by atoms with E-state index in [2.05, 4.69) is 15.9 Å². The van der Waals surface area contributed by atoms with Crippen molar-refractivity contribution in [3.8, 4) is 12.3 Å². The molecule has 0 unspecified atom stereocenters. The Hall–Kier alpha value is -2.09. The molecule has 0 aromatic carbocycles. The zero-order chi connectivity index (χ0) is 12.1. The third-order valence-electron chi connectivity index (χ3n) is 2.14. The van der Waals surface area contributed by atoms with Crippen LogP contribution in [0.4, 0.5) is 5.95 Å². The van der Waals surface area contributed by atoms with Crippen LogP contribution in [0.5, 0.6) is 0 Å². The predicted molar refractivity (Wildman–Crippen MR) is 60.4 cm³/mol. The average Bonchev–Trinajstić information content (AvgIpc) is 2.25. The molecule has 0 saturated carbocycles. The maximum absolute atomic E-state index is 10.8. The van der Waals surface area contributed by atoms with Crippen LogP contribution in [0.25, 0.3) is 0 Å². The molecule has 1 N–H and O–H groups in total. The largest absolute Gasteiger partial charge is 0.478 e. The van der Waals surface area contributed by atoms with Crippen LogP contribution in [-0.2, 0) is 0 Å². The summed E-state index contributed by atoms with van der Waals surface area (Å²) in [6, 6.07) is 0. The summed E-state index contributed by atoms with van der Waals surface area (Å²) in [5.41, 5.74) is 0.550. The second-order valence-electron chi connectivity index (χ2n) is 3.19. The molecule has 0 saturated heterocycles. The van der Waals surface area contributed by atoms with Crippen molar-refractivity contribution in [2.75, 3.05) is 18.0 Å². The molecule has 5 heteroatoms. The molecule has 1 aromatic heterocycles. The Morgan fingerprint density at radius 2 is 2.38 bits per heavy atom. The first-order chi connectivity index (χ1) is 7.60. The van der Waals surface area contributed by atoms with Gasteiger partial charge in [-0.25, -0.2) is 14.8 Å². The molecule has 5 nitrogen and oxygen atoms in total. The summed E-state index contributed by atoms with van der Waals surface area (Å²) in [7, 11) is 0. The fourth-order valence-electron chi connectivity index (χ4n) is 1.25. The van der Waals surface area contributed by atoms with E-state index in [0.717, 1.165) is 0 Å². The summed E-state index contributed by atoms with van der Waals surface area (Å²) in [5, 5.41) is 8.83. The van der Waals surface area contributed by atoms with E-state index in [1.807, 2.05) is 6.92 Å². The van der Waals surface area contributed by atoms with Crippen LogP contribution in [0.15, 0.2) is 6.20 Å². The molecule has 84 valence electrons. The number of aromatic nitrogens is 2. The highest BCUT2D eigenvalue weighted by atomic mass is 16.4. The molecular weight excluding hydrogens is 206 g/mol. The van der Waals surface area contributed by atoms with Crippen LogP contribution < -0.4 is 4.90 Å². The first kappa shape index (κ1) is 12.0. The number of carbonyl (C=O) groups is 1. The summed E-state index contributed by atoms with van der Waals surface area (Å²) in [4.78, 5) is 20.7. The van der Waals surface area contributed by atoms with Gasteiger partial charge in [0.15, 0.2) is 0 Å². The molecule has 0 atom stereocenters. The number of anilines is 1. The number of hydrogen-bond donors (Lipinski definition) is 1. The lowest BCUT2D eigenvalue weighted by Crippen LogP contribution is -2.25. The van der Waals surface area contributed by atoms with Crippen molar-refractivity contribution in [2.24, 2.45) is 0 Å². The second-order valence-corrected chi connectivity index (χ2v) is 3.19. The predicted octanol–water partition coefficient (Wildman–Crippen LogP) is 0.943. The van der Waals surface area contributed by atoms with Crippen molar-refractivity contribution in [3.05, 3.63) is 17.5 Å². The minimum atomic E-state index is -1.02. The minimum Gasteiger partial charge on any atom is -0.478 e. The number of carboxylic acid groups (broad SMARTS) is 1. The Morgan fingerprint density at radius 1 is 1.69 bits per heavy atom. The second kappa shape index (κ2) is 5.12. The van der Waals surface area contributed by atoms with Crippen LogP contribution in [0, 0.1) is 19.3 Å². The van der Waals surface area contributed by atoms with E-state index in [1.54, 1.807) is 11.8 Å². The molecule has 16 heavy (non-hydrogen) atoms. The van der Waals surface area contributed by atoms with E-state index in [0.29, 0.717) is 24.7 Å². The summed E-state index contributed by atoms with van der Waals surface area (Å²) in [6.07, 6.45) is 6.52. The van der Waals surface area contributed by atoms with E-state index in [4.69, 9.17) is 11.5 Å². The number of nitrogens with zero attached hydrogens (tertiary/aromatic N) is 3. The van der Waals surface area contributed by atoms with Gasteiger partial charge in [0.1, 0.15) is 0 Å². The van der Waals surface area contributed by atoms with E-state index in [9.17, 15) is 4.79 Å². The molecule has 0 radical (unpaired) electrons. The Kier molecular flexibility index (Phi) is 3.84. The van der Waals surface area contributed by atoms with Gasteiger partial charge >= 0.3 is 5.97 Å². The monoisotopic (exact) mass is 219 g/mol. The molecule has 0 bridgehead atoms. The van der Waals surface area contributed by atoms with Gasteiger partial charge in [-0.3, -0.25) is 0 Å². The third-order valence-corrected chi connectivity index (χ3v) is 2.14. The lowest BCUT2D eigenvalue weighted by atomic mass is 10.2. The minimum absolute atomic E-state index is 0.112. The summed E-state index contributed by atoms with van der Waals surface area (Å²) >= 11 is 0. The zero-order valence-corrected chi connectivity index (χ0v) is 9.27. The quantitative estimate of drug-likeness (QED) is 0.763. The molecule has 0 aliphatic carbocycles. The van der Waals surface area contributed by atoms with E-state index in [-0.39, 0.29) is 5.56 Å². The standard InChI is InChI=1S/C11H13N3O2/c1-4-6-14(5-2)11-12-7-9(10(15)16)8(3)13-11/h1,7H,5-6H2,2-3H3,(H,15,16). The Bertz CT molecular complexity index is 437. The number of aromatic carboxylic acids is 1. The Morgan fingerprint density at radius 3 is 2.81 bits per heavy atom. The van der Waals surface area contributed by atoms with Gasteiger partial charge in [-0.05, 0) is 13.8 Å². The van der Waals surface area contributed by atoms with Gasteiger partial charge in [-0.2, -0.15) is 0 Å². The van der Waals surface area contributed by atoms with Crippen molar-refractivity contribution >= 4 is 11.9 Å². The van der Waals surface area contributed by atoms with Crippen molar-refractivity contribution in [1.29, 1.82) is 0 Å². The highest BCUT2D eigenvalue weighted by molar-refractivity contribution is 5.88. The van der Waals surface area contributed by atoms with E-state index < -0.39 is 5.97 Å². The van der Waals surface area contributed by atoms with Gasteiger partial charge in [-0.1, -0.05) is 5.92 Å². The van der Waals surface area contributed by atoms with Crippen molar-refractivity contribution in [1.82, 2.24) is 9.97 Å². The molecule has 0 spiro atoms. The number of rotatable bonds is 4. The number of terminal acetylenes is 1. The van der Waals surface area contributed by atoms with Gasteiger partial charge < -0.3 is 10.0 Å². The Balaban J connectivity index is 3.05. The van der Waals surface area contributed by atoms with Crippen molar-refractivity contribution in [2.45, 2.75) is 13.8 Å². The topological polar surface area (TPSA) is 66.3 Å². The summed E-state index contributed by atoms with van der Waals surface area (Å²) < 4.78 is 0. The molecular formula is C11H13N3O2. The fraction of sp³-hybridized carbons (Fsp3) is 0.364. The fourth-order valence-corrected chi connectivity index (χ4v) is 1.25. The van der Waals surface area contributed by atoms with Crippen LogP contribution in [-0.4, -0.2) is 34.1 Å². The molecule has 0 aliphatic rings. The van der Waals surface area contributed by atoms with Crippen LogP contribution in [0.2, 0.25) is 0 Å². The first-order valence-corrected chi connectivity index (χ1v) is 4.85. The lowest BCUT2D eigenvalue weighted by Gasteiger charge is -2.18. The first-order valence-electron chi connectivity index (χ1n) is 4.85. The molecule has 1 rings (SSSR count). The van der Waals surface area contributed by atoms with Gasteiger partial charge in [-0.15, -0.1) is 6.42 Å². The van der Waals surface area contributed by atoms with E-state index in [1.165, 1.54) is 6.20 Å². The van der Waals surface area contributed by atoms with Gasteiger partial charge in [0.25, 0.3) is 0 Å². The molecule has 1 heterocycles. The highest BCUT2D eigenvalue weighted by Gasteiger charge is 2.12. The van der Waals surface area contributed by atoms with Crippen molar-refractivity contribution < 1.29 is 9.90 Å². The highest BCUT2D eigenvalue weighted by Crippen LogP contribution is 2.10. The van der Waals surface area contributed by atoms with Gasteiger partial charge in [0.05, 0.1) is 17.8 Å². The van der Waals surface area contributed by atoms with Crippen molar-refractivity contribution in [3.63, 3.8) is 0 Å². The van der Waals surface area contributed by atoms with Crippen LogP contribution >= 0.6 is 0 Å². The van der Waals surface area contributed by atoms with Crippen LogP contribution in [0.1, 0.15) is 23.0 Å². The molecule has 0 amide bonds. The smallest absolute Gasteiger partial charge is 0.339 e. The van der Waals surface area contributed by atoms with Gasteiger partial charge in [0, 0.05) is 12.7 Å². The normalized spacial score (nSPS) is 9.56. The number of aryl methyl sites for hydroxylation is 1. The SMILES string of the molecule is C#CCN(CC)c1ncc(C(=O)O)c(C)n1. The maximum Gasteiger partial charge on any atom is 0.339 e. The average molecular weight is 219 g/mol.